The van der Waals surface area contributed by atoms with Gasteiger partial charge in [0.25, 0.3) is 10.0 Å². The van der Waals surface area contributed by atoms with E-state index < -0.39 is 16.1 Å². The minimum atomic E-state index is -3.51. The lowest BCUT2D eigenvalue weighted by Gasteiger charge is -2.36. The minimum absolute atomic E-state index is 0.121. The van der Waals surface area contributed by atoms with Crippen LogP contribution in [0, 0.1) is 5.92 Å². The van der Waals surface area contributed by atoms with Crippen LogP contribution in [0.15, 0.2) is 20.1 Å². The lowest BCUT2D eigenvalue weighted by Crippen LogP contribution is -2.53. The van der Waals surface area contributed by atoms with Crippen LogP contribution < -0.4 is 0 Å². The zero-order valence-corrected chi connectivity index (χ0v) is 18.6. The fourth-order valence-electron chi connectivity index (χ4n) is 3.39. The zero-order valence-electron chi connectivity index (χ0n) is 15.4. The van der Waals surface area contributed by atoms with Crippen LogP contribution in [-0.2, 0) is 19.6 Å². The van der Waals surface area contributed by atoms with Crippen LogP contribution in [0.25, 0.3) is 0 Å². The molecule has 0 bridgehead atoms. The summed E-state index contributed by atoms with van der Waals surface area (Å²) < 4.78 is 28.0. The maximum absolute atomic E-state index is 12.7. The molecule has 27 heavy (non-hydrogen) atoms. The van der Waals surface area contributed by atoms with Crippen molar-refractivity contribution in [1.82, 2.24) is 14.1 Å². The Morgan fingerprint density at radius 1 is 1.19 bits per heavy atom. The van der Waals surface area contributed by atoms with E-state index in [0.29, 0.717) is 42.9 Å². The van der Waals surface area contributed by atoms with Crippen molar-refractivity contribution in [3.05, 3.63) is 15.9 Å². The molecular weight excluding hydrogens is 454 g/mol. The van der Waals surface area contributed by atoms with Crippen molar-refractivity contribution in [3.63, 3.8) is 0 Å². The van der Waals surface area contributed by atoms with Gasteiger partial charge in [0.1, 0.15) is 4.21 Å². The molecule has 3 heterocycles. The predicted octanol–water partition coefficient (Wildman–Crippen LogP) is 1.99. The first-order valence-electron chi connectivity index (χ1n) is 9.04. The highest BCUT2D eigenvalue weighted by molar-refractivity contribution is 9.11. The minimum Gasteiger partial charge on any atom is -0.289 e. The number of imide groups is 1. The number of halogens is 1. The molecule has 0 spiro atoms. The Morgan fingerprint density at radius 3 is 2.41 bits per heavy atom. The molecule has 2 amide bonds. The fraction of sp³-hybridized carbons (Fsp3) is 0.647. The van der Waals surface area contributed by atoms with Crippen molar-refractivity contribution in [2.45, 2.75) is 36.9 Å². The second-order valence-corrected chi connectivity index (χ2v) is 11.9. The molecule has 0 radical (unpaired) electrons. The van der Waals surface area contributed by atoms with Crippen molar-refractivity contribution >= 4 is 49.1 Å². The number of rotatable bonds is 6. The van der Waals surface area contributed by atoms with E-state index in [1.54, 1.807) is 12.1 Å². The van der Waals surface area contributed by atoms with Gasteiger partial charge in [-0.1, -0.05) is 13.8 Å². The highest BCUT2D eigenvalue weighted by atomic mass is 79.9. The number of piperazine rings is 1. The van der Waals surface area contributed by atoms with Crippen molar-refractivity contribution in [2.75, 3.05) is 32.7 Å². The lowest BCUT2D eigenvalue weighted by atomic mass is 10.1. The summed E-state index contributed by atoms with van der Waals surface area (Å²) in [5.41, 5.74) is 0. The van der Waals surface area contributed by atoms with Gasteiger partial charge in [0.15, 0.2) is 0 Å². The molecule has 2 aliphatic heterocycles. The largest absolute Gasteiger partial charge is 0.289 e. The van der Waals surface area contributed by atoms with Gasteiger partial charge < -0.3 is 0 Å². The van der Waals surface area contributed by atoms with E-state index in [4.69, 9.17) is 0 Å². The van der Waals surface area contributed by atoms with E-state index >= 15 is 0 Å². The third kappa shape index (κ3) is 4.45. The smallest absolute Gasteiger partial charge is 0.252 e. The van der Waals surface area contributed by atoms with Crippen LogP contribution in [0.3, 0.4) is 0 Å². The number of carbonyl (C=O) groups excluding carboxylic acids is 2. The summed E-state index contributed by atoms with van der Waals surface area (Å²) >= 11 is 4.49. The monoisotopic (exact) mass is 477 g/mol. The van der Waals surface area contributed by atoms with Crippen LogP contribution in [0.4, 0.5) is 0 Å². The van der Waals surface area contributed by atoms with Gasteiger partial charge in [-0.05, 0) is 40.4 Å². The molecule has 7 nitrogen and oxygen atoms in total. The normalized spacial score (nSPS) is 23.0. The Morgan fingerprint density at radius 2 is 1.85 bits per heavy atom. The zero-order chi connectivity index (χ0) is 19.8. The molecule has 0 saturated carbocycles. The van der Waals surface area contributed by atoms with E-state index in [2.05, 4.69) is 29.8 Å². The molecule has 3 rings (SSSR count). The summed E-state index contributed by atoms with van der Waals surface area (Å²) in [7, 11) is -3.51. The second-order valence-electron chi connectivity index (χ2n) is 7.28. The number of hydrogen-bond acceptors (Lipinski definition) is 6. The summed E-state index contributed by atoms with van der Waals surface area (Å²) in [6, 6.07) is 2.87. The molecular formula is C17H24BrN3O4S2. The molecule has 0 N–H and O–H groups in total. The summed E-state index contributed by atoms with van der Waals surface area (Å²) in [5, 5.41) is 0. The highest BCUT2D eigenvalue weighted by Gasteiger charge is 2.43. The van der Waals surface area contributed by atoms with E-state index in [-0.39, 0.29) is 18.2 Å². The van der Waals surface area contributed by atoms with Gasteiger partial charge in [0.2, 0.25) is 11.8 Å². The predicted molar refractivity (Wildman–Crippen MR) is 107 cm³/mol. The first-order valence-corrected chi connectivity index (χ1v) is 12.1. The molecule has 1 unspecified atom stereocenters. The number of carbonyl (C=O) groups is 2. The standard InChI is InChI=1S/C17H24BrN3O4S2/c1-12(2)5-6-21-15(22)11-13(17(21)23)19-7-9-20(10-8-19)27(24,25)16-4-3-14(18)26-16/h3-4,12-13H,5-11H2,1-2H3. The number of sulfonamides is 1. The molecule has 1 aromatic heterocycles. The average molecular weight is 478 g/mol. The molecule has 2 aliphatic rings. The topological polar surface area (TPSA) is 78.0 Å². The quantitative estimate of drug-likeness (QED) is 0.585. The third-order valence-corrected chi connectivity index (χ3v) is 9.00. The fourth-order valence-corrected chi connectivity index (χ4v) is 6.98. The molecule has 1 aromatic rings. The number of hydrogen-bond donors (Lipinski definition) is 0. The van der Waals surface area contributed by atoms with E-state index in [9.17, 15) is 18.0 Å². The van der Waals surface area contributed by atoms with Gasteiger partial charge in [-0.25, -0.2) is 8.42 Å². The Labute approximate surface area is 172 Å². The molecule has 10 heteroatoms. The van der Waals surface area contributed by atoms with E-state index in [1.807, 2.05) is 4.90 Å². The van der Waals surface area contributed by atoms with Gasteiger partial charge >= 0.3 is 0 Å². The summed E-state index contributed by atoms with van der Waals surface area (Å²) in [6.45, 7) is 6.14. The van der Waals surface area contributed by atoms with Crippen LogP contribution in [0.1, 0.15) is 26.7 Å². The van der Waals surface area contributed by atoms with Gasteiger partial charge in [0.05, 0.1) is 16.2 Å². The second kappa shape index (κ2) is 8.28. The number of nitrogens with zero attached hydrogens (tertiary/aromatic N) is 3. The van der Waals surface area contributed by atoms with Crippen molar-refractivity contribution in [3.8, 4) is 0 Å². The van der Waals surface area contributed by atoms with Crippen LogP contribution in [0.5, 0.6) is 0 Å². The maximum atomic E-state index is 12.7. The van der Waals surface area contributed by atoms with Crippen LogP contribution in [0.2, 0.25) is 0 Å². The first kappa shape index (κ1) is 20.9. The van der Waals surface area contributed by atoms with Gasteiger partial charge in [-0.3, -0.25) is 19.4 Å². The van der Waals surface area contributed by atoms with E-state index in [0.717, 1.165) is 10.2 Å². The summed E-state index contributed by atoms with van der Waals surface area (Å²) in [6.07, 6.45) is 0.994. The summed E-state index contributed by atoms with van der Waals surface area (Å²) in [5.74, 6) is 0.166. The Balaban J connectivity index is 1.61. The first-order chi connectivity index (χ1) is 12.7. The SMILES string of the molecule is CC(C)CCN1C(=O)CC(N2CCN(S(=O)(=O)c3ccc(Br)s3)CC2)C1=O. The highest BCUT2D eigenvalue weighted by Crippen LogP contribution is 2.29. The van der Waals surface area contributed by atoms with Gasteiger partial charge in [0, 0.05) is 32.7 Å². The van der Waals surface area contributed by atoms with Crippen molar-refractivity contribution in [2.24, 2.45) is 5.92 Å². The Bertz CT molecular complexity index is 816. The summed E-state index contributed by atoms with van der Waals surface area (Å²) in [4.78, 5) is 28.2. The Hall–Kier alpha value is -0.810. The van der Waals surface area contributed by atoms with Gasteiger partial charge in [-0.15, -0.1) is 11.3 Å². The number of thiophene rings is 1. The lowest BCUT2D eigenvalue weighted by molar-refractivity contribution is -0.140. The Kier molecular flexibility index (Phi) is 6.41. The van der Waals surface area contributed by atoms with Crippen LogP contribution in [-0.4, -0.2) is 73.1 Å². The third-order valence-electron chi connectivity index (χ3n) is 5.01. The molecule has 2 saturated heterocycles. The van der Waals surface area contributed by atoms with Gasteiger partial charge in [-0.2, -0.15) is 4.31 Å². The van der Waals surface area contributed by atoms with E-state index in [1.165, 1.54) is 20.5 Å². The molecule has 1 atom stereocenters. The van der Waals surface area contributed by atoms with Crippen molar-refractivity contribution in [1.29, 1.82) is 0 Å². The molecule has 0 aromatic carbocycles. The number of amides is 2. The van der Waals surface area contributed by atoms with Crippen LogP contribution >= 0.6 is 27.3 Å². The van der Waals surface area contributed by atoms with Crippen molar-refractivity contribution < 1.29 is 18.0 Å². The maximum Gasteiger partial charge on any atom is 0.252 e. The molecule has 2 fully saturated rings. The molecule has 0 aliphatic carbocycles. The number of likely N-dealkylation sites (tertiary alicyclic amines) is 1. The molecule has 150 valence electrons. The average Bonchev–Trinajstić information content (AvgIpc) is 3.17.